The Balaban J connectivity index is 2.17. The summed E-state index contributed by atoms with van der Waals surface area (Å²) in [5.74, 6) is 1.51. The Labute approximate surface area is 132 Å². The Morgan fingerprint density at radius 3 is 2.36 bits per heavy atom. The molecule has 0 amide bonds. The molecule has 2 aromatic rings. The van der Waals surface area contributed by atoms with Crippen LogP contribution in [-0.4, -0.2) is 15.1 Å². The molecule has 0 spiro atoms. The summed E-state index contributed by atoms with van der Waals surface area (Å²) in [6.07, 6.45) is 1.86. The molecular weight excluding hydrogens is 276 g/mol. The van der Waals surface area contributed by atoms with Crippen molar-refractivity contribution in [3.8, 4) is 11.6 Å². The maximum atomic E-state index is 9.97. The van der Waals surface area contributed by atoms with Gasteiger partial charge in [0, 0.05) is 29.1 Å². The second kappa shape index (κ2) is 6.77. The third-order valence-electron chi connectivity index (χ3n) is 3.61. The van der Waals surface area contributed by atoms with Crippen molar-refractivity contribution in [1.82, 2.24) is 9.97 Å². The van der Waals surface area contributed by atoms with E-state index in [0.29, 0.717) is 18.2 Å². The first-order chi connectivity index (χ1) is 10.4. The molecule has 4 nitrogen and oxygen atoms in total. The predicted octanol–water partition coefficient (Wildman–Crippen LogP) is 4.32. The maximum absolute atomic E-state index is 9.97. The van der Waals surface area contributed by atoms with E-state index in [0.717, 1.165) is 22.6 Å². The van der Waals surface area contributed by atoms with Gasteiger partial charge >= 0.3 is 0 Å². The van der Waals surface area contributed by atoms with Crippen LogP contribution in [0.4, 0.5) is 0 Å². The largest absolute Gasteiger partial charge is 0.493 e. The van der Waals surface area contributed by atoms with Gasteiger partial charge in [0.25, 0.3) is 0 Å². The first kappa shape index (κ1) is 16.3. The molecular formula is C18H24N2O2. The summed E-state index contributed by atoms with van der Waals surface area (Å²) in [5, 5.41) is 9.97. The van der Waals surface area contributed by atoms with Gasteiger partial charge in [0.1, 0.15) is 12.4 Å². The molecule has 2 aromatic heterocycles. The van der Waals surface area contributed by atoms with Crippen molar-refractivity contribution in [3.05, 3.63) is 46.9 Å². The van der Waals surface area contributed by atoms with Crippen LogP contribution in [0.3, 0.4) is 0 Å². The standard InChI is InChI=1S/C18H24N2O2/c1-11(2)15-7-6-14(20-18(15)21)10-22-17-8-13(5)19-9-16(17)12(3)4/h6-9,11-12H,10H2,1-5H3,(H,20,21). The minimum absolute atomic E-state index is 0.0890. The summed E-state index contributed by atoms with van der Waals surface area (Å²) in [6, 6.07) is 5.75. The summed E-state index contributed by atoms with van der Waals surface area (Å²) in [6.45, 7) is 10.6. The SMILES string of the molecule is Cc1cc(OCc2ccc(C(C)C)c(O)n2)c(C(C)C)cn1. The first-order valence-electron chi connectivity index (χ1n) is 7.66. The summed E-state index contributed by atoms with van der Waals surface area (Å²) in [7, 11) is 0. The van der Waals surface area contributed by atoms with E-state index in [1.807, 2.05) is 45.2 Å². The van der Waals surface area contributed by atoms with E-state index >= 15 is 0 Å². The van der Waals surface area contributed by atoms with Crippen molar-refractivity contribution in [3.63, 3.8) is 0 Å². The number of ether oxygens (including phenoxy) is 1. The topological polar surface area (TPSA) is 55.2 Å². The number of nitrogens with zero attached hydrogens (tertiary/aromatic N) is 2. The zero-order chi connectivity index (χ0) is 16.3. The monoisotopic (exact) mass is 300 g/mol. The van der Waals surface area contributed by atoms with E-state index in [-0.39, 0.29) is 11.8 Å². The van der Waals surface area contributed by atoms with Crippen molar-refractivity contribution in [2.24, 2.45) is 0 Å². The van der Waals surface area contributed by atoms with Gasteiger partial charge in [-0.1, -0.05) is 33.8 Å². The van der Waals surface area contributed by atoms with E-state index < -0.39 is 0 Å². The third-order valence-corrected chi connectivity index (χ3v) is 3.61. The Kier molecular flexibility index (Phi) is 5.01. The van der Waals surface area contributed by atoms with Crippen molar-refractivity contribution < 1.29 is 9.84 Å². The normalized spacial score (nSPS) is 11.2. The molecule has 0 fully saturated rings. The fourth-order valence-electron chi connectivity index (χ4n) is 2.28. The van der Waals surface area contributed by atoms with Gasteiger partial charge in [0.15, 0.2) is 0 Å². The van der Waals surface area contributed by atoms with E-state index in [4.69, 9.17) is 4.74 Å². The fourth-order valence-corrected chi connectivity index (χ4v) is 2.28. The van der Waals surface area contributed by atoms with Crippen LogP contribution in [0.25, 0.3) is 0 Å². The lowest BCUT2D eigenvalue weighted by molar-refractivity contribution is 0.294. The molecule has 0 atom stereocenters. The van der Waals surface area contributed by atoms with E-state index in [2.05, 4.69) is 23.8 Å². The molecule has 22 heavy (non-hydrogen) atoms. The van der Waals surface area contributed by atoms with Gasteiger partial charge in [0.05, 0.1) is 5.69 Å². The molecule has 4 heteroatoms. The predicted molar refractivity (Wildman–Crippen MR) is 87.4 cm³/mol. The van der Waals surface area contributed by atoms with Gasteiger partial charge in [-0.3, -0.25) is 4.98 Å². The number of aromatic hydroxyl groups is 1. The molecule has 0 aliphatic rings. The number of hydrogen-bond acceptors (Lipinski definition) is 4. The van der Waals surface area contributed by atoms with Crippen LogP contribution < -0.4 is 4.74 Å². The number of hydrogen-bond donors (Lipinski definition) is 1. The van der Waals surface area contributed by atoms with Crippen LogP contribution in [0.5, 0.6) is 11.6 Å². The zero-order valence-electron chi connectivity index (χ0n) is 13.9. The van der Waals surface area contributed by atoms with Crippen LogP contribution in [0.2, 0.25) is 0 Å². The molecule has 0 aliphatic carbocycles. The molecule has 118 valence electrons. The Morgan fingerprint density at radius 2 is 1.77 bits per heavy atom. The van der Waals surface area contributed by atoms with Crippen LogP contribution in [0.1, 0.15) is 62.0 Å². The highest BCUT2D eigenvalue weighted by atomic mass is 16.5. The number of aryl methyl sites for hydroxylation is 1. The van der Waals surface area contributed by atoms with Gasteiger partial charge < -0.3 is 9.84 Å². The molecule has 2 heterocycles. The fraction of sp³-hybridized carbons (Fsp3) is 0.444. The van der Waals surface area contributed by atoms with Crippen molar-refractivity contribution >= 4 is 0 Å². The van der Waals surface area contributed by atoms with Crippen LogP contribution in [0.15, 0.2) is 24.4 Å². The zero-order valence-corrected chi connectivity index (χ0v) is 13.9. The summed E-state index contributed by atoms with van der Waals surface area (Å²) in [5.41, 5.74) is 3.57. The molecule has 0 aliphatic heterocycles. The summed E-state index contributed by atoms with van der Waals surface area (Å²) in [4.78, 5) is 8.55. The van der Waals surface area contributed by atoms with Gasteiger partial charge in [-0.25, -0.2) is 4.98 Å². The molecule has 1 N–H and O–H groups in total. The lowest BCUT2D eigenvalue weighted by atomic mass is 10.0. The first-order valence-corrected chi connectivity index (χ1v) is 7.66. The van der Waals surface area contributed by atoms with Crippen LogP contribution >= 0.6 is 0 Å². The number of rotatable bonds is 5. The van der Waals surface area contributed by atoms with Crippen molar-refractivity contribution in [2.45, 2.75) is 53.1 Å². The average molecular weight is 300 g/mol. The minimum atomic E-state index is 0.0890. The molecule has 0 saturated heterocycles. The highest BCUT2D eigenvalue weighted by molar-refractivity contribution is 5.35. The molecule has 2 rings (SSSR count). The van der Waals surface area contributed by atoms with E-state index in [1.165, 1.54) is 0 Å². The maximum Gasteiger partial charge on any atom is 0.214 e. The smallest absolute Gasteiger partial charge is 0.214 e. The third kappa shape index (κ3) is 3.75. The van der Waals surface area contributed by atoms with E-state index in [1.54, 1.807) is 0 Å². The van der Waals surface area contributed by atoms with Gasteiger partial charge in [-0.05, 0) is 24.8 Å². The summed E-state index contributed by atoms with van der Waals surface area (Å²) < 4.78 is 5.91. The Bertz CT molecular complexity index is 652. The summed E-state index contributed by atoms with van der Waals surface area (Å²) >= 11 is 0. The molecule has 0 radical (unpaired) electrons. The molecule has 0 bridgehead atoms. The number of aromatic nitrogens is 2. The van der Waals surface area contributed by atoms with E-state index in [9.17, 15) is 5.11 Å². The second-order valence-electron chi connectivity index (χ2n) is 6.18. The second-order valence-corrected chi connectivity index (χ2v) is 6.18. The molecule has 0 unspecified atom stereocenters. The van der Waals surface area contributed by atoms with Crippen molar-refractivity contribution in [2.75, 3.05) is 0 Å². The Hall–Kier alpha value is -2.10. The highest BCUT2D eigenvalue weighted by Gasteiger charge is 2.11. The highest BCUT2D eigenvalue weighted by Crippen LogP contribution is 2.28. The van der Waals surface area contributed by atoms with Gasteiger partial charge in [0.2, 0.25) is 5.88 Å². The van der Waals surface area contributed by atoms with Gasteiger partial charge in [-0.2, -0.15) is 0 Å². The quantitative estimate of drug-likeness (QED) is 0.893. The minimum Gasteiger partial charge on any atom is -0.493 e. The molecule has 0 saturated carbocycles. The van der Waals surface area contributed by atoms with Crippen LogP contribution in [0, 0.1) is 6.92 Å². The number of pyridine rings is 2. The average Bonchev–Trinajstić information content (AvgIpc) is 2.44. The van der Waals surface area contributed by atoms with Gasteiger partial charge in [-0.15, -0.1) is 0 Å². The lowest BCUT2D eigenvalue weighted by Gasteiger charge is -2.14. The Morgan fingerprint density at radius 1 is 1.09 bits per heavy atom. The van der Waals surface area contributed by atoms with Crippen LogP contribution in [-0.2, 0) is 6.61 Å². The molecule has 0 aromatic carbocycles. The van der Waals surface area contributed by atoms with Crippen molar-refractivity contribution in [1.29, 1.82) is 0 Å². The lowest BCUT2D eigenvalue weighted by Crippen LogP contribution is -2.03.